The molecule has 0 radical (unpaired) electrons. The van der Waals surface area contributed by atoms with E-state index >= 15 is 0 Å². The van der Waals surface area contributed by atoms with E-state index in [9.17, 15) is 9.18 Å². The van der Waals surface area contributed by atoms with Gasteiger partial charge in [0.2, 0.25) is 0 Å². The number of rotatable bonds is 7. The number of nitrogens with one attached hydrogen (secondary N) is 2. The van der Waals surface area contributed by atoms with E-state index in [2.05, 4.69) is 10.2 Å². The van der Waals surface area contributed by atoms with Crippen LogP contribution in [-0.2, 0) is 6.42 Å². The van der Waals surface area contributed by atoms with Crippen LogP contribution in [0.4, 0.5) is 10.1 Å². The minimum absolute atomic E-state index is 0.0407. The molecule has 0 bridgehead atoms. The van der Waals surface area contributed by atoms with Crippen LogP contribution >= 0.6 is 0 Å². The van der Waals surface area contributed by atoms with Crippen LogP contribution in [0.25, 0.3) is 17.1 Å². The zero-order valence-electron chi connectivity index (χ0n) is 18.1. The molecule has 4 aromatic rings. The molecule has 0 unspecified atom stereocenters. The van der Waals surface area contributed by atoms with Crippen molar-refractivity contribution in [3.05, 3.63) is 76.7 Å². The van der Waals surface area contributed by atoms with E-state index in [0.717, 1.165) is 5.56 Å². The Labute approximate surface area is 188 Å². The Morgan fingerprint density at radius 1 is 1.27 bits per heavy atom. The van der Waals surface area contributed by atoms with E-state index in [1.807, 2.05) is 13.8 Å². The number of anilines is 1. The van der Waals surface area contributed by atoms with Gasteiger partial charge in [-0.15, -0.1) is 4.74 Å². The largest absolute Gasteiger partial charge is 0.484 e. The average molecular weight is 450 g/mol. The van der Waals surface area contributed by atoms with Crippen molar-refractivity contribution < 1.29 is 18.4 Å². The summed E-state index contributed by atoms with van der Waals surface area (Å²) >= 11 is 0. The summed E-state index contributed by atoms with van der Waals surface area (Å²) in [5.41, 5.74) is 13.8. The van der Waals surface area contributed by atoms with E-state index in [1.165, 1.54) is 16.9 Å². The lowest BCUT2D eigenvalue weighted by molar-refractivity contribution is 0.0999. The molecule has 0 fully saturated rings. The van der Waals surface area contributed by atoms with Gasteiger partial charge in [-0.05, 0) is 36.8 Å². The van der Waals surface area contributed by atoms with E-state index in [0.29, 0.717) is 29.2 Å². The summed E-state index contributed by atoms with van der Waals surface area (Å²) in [5.74, 6) is 0.0151. The van der Waals surface area contributed by atoms with E-state index < -0.39 is 12.0 Å². The number of nitrogens with zero attached hydrogens (tertiary/aromatic N) is 2. The van der Waals surface area contributed by atoms with Crippen LogP contribution in [-0.4, -0.2) is 20.8 Å². The highest BCUT2D eigenvalue weighted by atomic mass is 19.1. The summed E-state index contributed by atoms with van der Waals surface area (Å²) in [6.45, 7) is 3.70. The minimum atomic E-state index is -0.742. The van der Waals surface area contributed by atoms with Crippen molar-refractivity contribution in [1.29, 1.82) is 5.41 Å². The number of aromatic amines is 1. The Bertz CT molecular complexity index is 1370. The number of benzene rings is 2. The topological polar surface area (TPSA) is 149 Å². The fraction of sp³-hybridized carbons (Fsp3) is 0.174. The molecule has 2 heterocycles. The summed E-state index contributed by atoms with van der Waals surface area (Å²) in [6.07, 6.45) is 0.168. The third-order valence-corrected chi connectivity index (χ3v) is 5.20. The summed E-state index contributed by atoms with van der Waals surface area (Å²) in [5, 5.41) is 15.1. The van der Waals surface area contributed by atoms with Gasteiger partial charge in [0.1, 0.15) is 34.7 Å². The monoisotopic (exact) mass is 450 g/mol. The number of aryl methyl sites for hydroxylation is 1. The highest BCUT2D eigenvalue weighted by Crippen LogP contribution is 2.34. The molecule has 0 saturated carbocycles. The number of nitrogens with two attached hydrogens (primary N) is 2. The Balaban J connectivity index is 1.73. The molecule has 0 aliphatic rings. The Morgan fingerprint density at radius 2 is 2.00 bits per heavy atom. The van der Waals surface area contributed by atoms with Crippen molar-refractivity contribution in [3.63, 3.8) is 0 Å². The fourth-order valence-electron chi connectivity index (χ4n) is 3.43. The van der Waals surface area contributed by atoms with Gasteiger partial charge in [-0.1, -0.05) is 25.1 Å². The maximum atomic E-state index is 13.2. The number of primary amides is 1. The summed E-state index contributed by atoms with van der Waals surface area (Å²) in [4.78, 5) is 12.3. The lowest BCUT2D eigenvalue weighted by Crippen LogP contribution is -2.19. The first-order valence-electron chi connectivity index (χ1n) is 10.3. The van der Waals surface area contributed by atoms with Crippen LogP contribution in [0, 0.1) is 11.2 Å². The second-order valence-electron chi connectivity index (χ2n) is 7.46. The first-order valence-corrected chi connectivity index (χ1v) is 10.3. The summed E-state index contributed by atoms with van der Waals surface area (Å²) in [6, 6.07) is 12.5. The van der Waals surface area contributed by atoms with Crippen molar-refractivity contribution >= 4 is 11.6 Å². The number of hydrogen-bond acceptors (Lipinski definition) is 6. The minimum Gasteiger partial charge on any atom is -0.484 e. The quantitative estimate of drug-likeness (QED) is 0.318. The SMILES string of the molecule is CCc1cc(=N)n(-c2[nH]nc(-c3ccc(N)c(O[C@@H](C)c4ccc(F)cc4)c3)c2C(N)=O)o1. The van der Waals surface area contributed by atoms with Crippen LogP contribution in [0.2, 0.25) is 0 Å². The molecule has 10 heteroatoms. The molecule has 4 rings (SSSR count). The van der Waals surface area contributed by atoms with Gasteiger partial charge >= 0.3 is 0 Å². The summed E-state index contributed by atoms with van der Waals surface area (Å²) in [7, 11) is 0. The number of amides is 1. The van der Waals surface area contributed by atoms with Crippen LogP contribution in [0.3, 0.4) is 0 Å². The van der Waals surface area contributed by atoms with Gasteiger partial charge in [0.05, 0.1) is 5.69 Å². The molecule has 6 N–H and O–H groups in total. The molecule has 2 aromatic heterocycles. The van der Waals surface area contributed by atoms with Crippen LogP contribution < -0.4 is 21.7 Å². The molecule has 9 nitrogen and oxygen atoms in total. The molecular formula is C23H23FN6O3. The van der Waals surface area contributed by atoms with Crippen molar-refractivity contribution in [2.45, 2.75) is 26.4 Å². The first-order chi connectivity index (χ1) is 15.8. The standard InChI is InChI=1S/C23H23FN6O3/c1-3-16-11-19(26)30(33-16)23-20(22(27)31)21(28-29-23)14-6-9-17(25)18(10-14)32-12(2)13-4-7-15(24)8-5-13/h4-12,26H,3,25H2,1-2H3,(H2,27,31)(H,28,29)/t12-/m0/s1. The molecule has 0 aliphatic heterocycles. The van der Waals surface area contributed by atoms with E-state index in [-0.39, 0.29) is 28.4 Å². The average Bonchev–Trinajstić information content (AvgIpc) is 3.39. The van der Waals surface area contributed by atoms with Crippen LogP contribution in [0.15, 0.2) is 53.1 Å². The Morgan fingerprint density at radius 3 is 2.64 bits per heavy atom. The summed E-state index contributed by atoms with van der Waals surface area (Å²) < 4.78 is 26.0. The predicted molar refractivity (Wildman–Crippen MR) is 119 cm³/mol. The number of aromatic nitrogens is 3. The van der Waals surface area contributed by atoms with Gasteiger partial charge in [0, 0.05) is 18.1 Å². The highest BCUT2D eigenvalue weighted by Gasteiger charge is 2.24. The lowest BCUT2D eigenvalue weighted by atomic mass is 10.1. The van der Waals surface area contributed by atoms with Crippen molar-refractivity contribution in [2.75, 3.05) is 5.73 Å². The number of halogens is 1. The molecule has 170 valence electrons. The second-order valence-corrected chi connectivity index (χ2v) is 7.46. The molecule has 0 spiro atoms. The van der Waals surface area contributed by atoms with Gasteiger partial charge < -0.3 is 20.7 Å². The number of hydrogen-bond donors (Lipinski definition) is 4. The van der Waals surface area contributed by atoms with Crippen molar-refractivity contribution in [2.24, 2.45) is 5.73 Å². The third kappa shape index (κ3) is 4.22. The van der Waals surface area contributed by atoms with Crippen molar-refractivity contribution in [1.82, 2.24) is 14.9 Å². The molecule has 33 heavy (non-hydrogen) atoms. The lowest BCUT2D eigenvalue weighted by Gasteiger charge is -2.17. The number of carbonyl (C=O) groups is 1. The normalized spacial score (nSPS) is 12.0. The molecular weight excluding hydrogens is 427 g/mol. The second kappa shape index (κ2) is 8.65. The first kappa shape index (κ1) is 21.9. The maximum absolute atomic E-state index is 13.2. The molecule has 1 amide bonds. The van der Waals surface area contributed by atoms with Gasteiger partial charge in [0.15, 0.2) is 11.3 Å². The van der Waals surface area contributed by atoms with Gasteiger partial charge in [0.25, 0.3) is 5.91 Å². The van der Waals surface area contributed by atoms with E-state index in [1.54, 1.807) is 36.4 Å². The Hall–Kier alpha value is -4.34. The third-order valence-electron chi connectivity index (χ3n) is 5.20. The smallest absolute Gasteiger partial charge is 0.254 e. The van der Waals surface area contributed by atoms with Crippen LogP contribution in [0.1, 0.15) is 41.6 Å². The fourth-order valence-corrected chi connectivity index (χ4v) is 3.43. The Kier molecular flexibility index (Phi) is 5.74. The predicted octanol–water partition coefficient (Wildman–Crippen LogP) is 3.46. The van der Waals surface area contributed by atoms with E-state index in [4.69, 9.17) is 26.1 Å². The molecule has 1 atom stereocenters. The highest BCUT2D eigenvalue weighted by molar-refractivity contribution is 6.02. The van der Waals surface area contributed by atoms with Gasteiger partial charge in [-0.25, -0.2) is 4.39 Å². The number of ether oxygens (including phenoxy) is 1. The maximum Gasteiger partial charge on any atom is 0.254 e. The van der Waals surface area contributed by atoms with Gasteiger partial charge in [-0.2, -0.15) is 5.10 Å². The van der Waals surface area contributed by atoms with Crippen LogP contribution in [0.5, 0.6) is 5.75 Å². The number of H-pyrrole nitrogens is 1. The zero-order chi connectivity index (χ0) is 23.7. The molecule has 2 aromatic carbocycles. The van der Waals surface area contributed by atoms with Crippen molar-refractivity contribution in [3.8, 4) is 22.8 Å². The number of nitrogen functional groups attached to an aromatic ring is 1. The number of carbonyl (C=O) groups excluding carboxylic acids is 1. The zero-order valence-corrected chi connectivity index (χ0v) is 18.1. The molecule has 0 aliphatic carbocycles. The molecule has 0 saturated heterocycles. The van der Waals surface area contributed by atoms with Gasteiger partial charge in [-0.3, -0.25) is 15.3 Å².